The first-order valence-electron chi connectivity index (χ1n) is 7.81. The van der Waals surface area contributed by atoms with E-state index < -0.39 is 15.6 Å². The van der Waals surface area contributed by atoms with Gasteiger partial charge in [-0.15, -0.1) is 0 Å². The molecule has 8 heteroatoms. The Hall–Kier alpha value is -2.25. The number of amides is 1. The van der Waals surface area contributed by atoms with Crippen LogP contribution in [0.5, 0.6) is 5.75 Å². The molecule has 0 unspecified atom stereocenters. The third kappa shape index (κ3) is 5.12. The van der Waals surface area contributed by atoms with Gasteiger partial charge in [-0.05, 0) is 57.2 Å². The average molecular weight is 397 g/mol. The third-order valence-electron chi connectivity index (χ3n) is 3.30. The summed E-state index contributed by atoms with van der Waals surface area (Å²) in [6.07, 6.45) is 0. The number of rotatable bonds is 5. The van der Waals surface area contributed by atoms with Crippen molar-refractivity contribution in [2.45, 2.75) is 31.2 Å². The number of carbonyl (C=O) groups excluding carboxylic acids is 1. The van der Waals surface area contributed by atoms with Gasteiger partial charge >= 0.3 is 0 Å². The summed E-state index contributed by atoms with van der Waals surface area (Å²) in [5.74, 6) is -0.0190. The Balaban J connectivity index is 2.34. The zero-order valence-corrected chi connectivity index (χ0v) is 16.5. The summed E-state index contributed by atoms with van der Waals surface area (Å²) in [7, 11) is -2.50. The fourth-order valence-corrected chi connectivity index (χ4v) is 3.46. The van der Waals surface area contributed by atoms with Crippen LogP contribution in [-0.2, 0) is 10.0 Å². The lowest BCUT2D eigenvalue weighted by Gasteiger charge is -2.20. The maximum atomic E-state index is 12.7. The Bertz CT molecular complexity index is 921. The lowest BCUT2D eigenvalue weighted by molar-refractivity contribution is 0.0919. The van der Waals surface area contributed by atoms with E-state index in [0.29, 0.717) is 10.8 Å². The van der Waals surface area contributed by atoms with E-state index >= 15 is 0 Å². The molecule has 26 heavy (non-hydrogen) atoms. The van der Waals surface area contributed by atoms with E-state index in [1.807, 2.05) is 20.8 Å². The smallest absolute Gasteiger partial charge is 0.262 e. The van der Waals surface area contributed by atoms with E-state index in [1.165, 1.54) is 31.4 Å². The predicted octanol–water partition coefficient (Wildman–Crippen LogP) is 3.68. The molecule has 1 amide bonds. The van der Waals surface area contributed by atoms with E-state index in [4.69, 9.17) is 16.3 Å². The number of hydrogen-bond acceptors (Lipinski definition) is 4. The molecule has 0 radical (unpaired) electrons. The second kappa shape index (κ2) is 7.55. The van der Waals surface area contributed by atoms with Crippen LogP contribution >= 0.6 is 11.6 Å². The van der Waals surface area contributed by atoms with E-state index in [1.54, 1.807) is 18.2 Å². The molecule has 0 bridgehead atoms. The highest BCUT2D eigenvalue weighted by molar-refractivity contribution is 7.92. The summed E-state index contributed by atoms with van der Waals surface area (Å²) >= 11 is 5.93. The summed E-state index contributed by atoms with van der Waals surface area (Å²) in [5, 5.41) is 3.16. The minimum Gasteiger partial charge on any atom is -0.495 e. The van der Waals surface area contributed by atoms with Gasteiger partial charge in [0.1, 0.15) is 5.75 Å². The topological polar surface area (TPSA) is 84.5 Å². The molecule has 0 saturated carbocycles. The fourth-order valence-electron chi connectivity index (χ4n) is 2.18. The van der Waals surface area contributed by atoms with Crippen LogP contribution < -0.4 is 14.8 Å². The van der Waals surface area contributed by atoms with Crippen LogP contribution in [-0.4, -0.2) is 27.0 Å². The highest BCUT2D eigenvalue weighted by Gasteiger charge is 2.20. The van der Waals surface area contributed by atoms with Gasteiger partial charge in [0.25, 0.3) is 15.9 Å². The lowest BCUT2D eigenvalue weighted by Crippen LogP contribution is -2.40. The molecule has 2 rings (SSSR count). The first-order chi connectivity index (χ1) is 12.0. The number of carbonyl (C=O) groups is 1. The van der Waals surface area contributed by atoms with E-state index in [2.05, 4.69) is 10.0 Å². The molecule has 0 aromatic heterocycles. The molecule has 0 aliphatic carbocycles. The van der Waals surface area contributed by atoms with E-state index in [0.717, 1.165) is 0 Å². The molecule has 6 nitrogen and oxygen atoms in total. The average Bonchev–Trinajstić information content (AvgIpc) is 2.53. The van der Waals surface area contributed by atoms with Gasteiger partial charge in [-0.2, -0.15) is 0 Å². The molecule has 140 valence electrons. The standard InChI is InChI=1S/C18H21ClN2O4S/c1-18(2,3)20-17(22)12-6-5-7-14(10-12)26(23,24)21-15-11-13(19)8-9-16(15)25-4/h5-11,21H,1-4H3,(H,20,22). The number of methoxy groups -OCH3 is 1. The third-order valence-corrected chi connectivity index (χ3v) is 4.90. The normalized spacial score (nSPS) is 11.7. The van der Waals surface area contributed by atoms with Gasteiger partial charge in [0.15, 0.2) is 0 Å². The highest BCUT2D eigenvalue weighted by Crippen LogP contribution is 2.30. The van der Waals surface area contributed by atoms with Crippen LogP contribution in [0.15, 0.2) is 47.4 Å². The van der Waals surface area contributed by atoms with Crippen molar-refractivity contribution in [3.05, 3.63) is 53.1 Å². The summed E-state index contributed by atoms with van der Waals surface area (Å²) < 4.78 is 33.0. The van der Waals surface area contributed by atoms with Crippen LogP contribution in [0.2, 0.25) is 5.02 Å². The van der Waals surface area contributed by atoms with Crippen molar-refractivity contribution >= 4 is 33.2 Å². The molecule has 0 spiro atoms. The molecular formula is C18H21ClN2O4S. The zero-order valence-electron chi connectivity index (χ0n) is 15.0. The first-order valence-corrected chi connectivity index (χ1v) is 9.67. The number of hydrogen-bond donors (Lipinski definition) is 2. The van der Waals surface area contributed by atoms with E-state index in [-0.39, 0.29) is 22.1 Å². The van der Waals surface area contributed by atoms with Gasteiger partial charge < -0.3 is 10.1 Å². The Morgan fingerprint density at radius 3 is 2.42 bits per heavy atom. The Morgan fingerprint density at radius 2 is 1.81 bits per heavy atom. The van der Waals surface area contributed by atoms with Crippen molar-refractivity contribution in [2.75, 3.05) is 11.8 Å². The molecule has 2 aromatic carbocycles. The van der Waals surface area contributed by atoms with Gasteiger partial charge in [-0.1, -0.05) is 17.7 Å². The second-order valence-electron chi connectivity index (χ2n) is 6.68. The molecule has 0 atom stereocenters. The maximum Gasteiger partial charge on any atom is 0.262 e. The van der Waals surface area contributed by atoms with Gasteiger partial charge in [0, 0.05) is 16.1 Å². The second-order valence-corrected chi connectivity index (χ2v) is 8.80. The van der Waals surface area contributed by atoms with Gasteiger partial charge in [-0.25, -0.2) is 8.42 Å². The lowest BCUT2D eigenvalue weighted by atomic mass is 10.1. The molecule has 0 fully saturated rings. The molecule has 0 aliphatic heterocycles. The Morgan fingerprint density at radius 1 is 1.12 bits per heavy atom. The molecule has 2 N–H and O–H groups in total. The Labute approximate surface area is 158 Å². The van der Waals surface area contributed by atoms with Crippen molar-refractivity contribution < 1.29 is 17.9 Å². The van der Waals surface area contributed by atoms with Crippen LogP contribution in [0, 0.1) is 0 Å². The fraction of sp³-hybridized carbons (Fsp3) is 0.278. The summed E-state index contributed by atoms with van der Waals surface area (Å²) in [6.45, 7) is 5.54. The number of halogens is 1. The Kier molecular flexibility index (Phi) is 5.83. The number of anilines is 1. The number of nitrogens with one attached hydrogen (secondary N) is 2. The van der Waals surface area contributed by atoms with Crippen LogP contribution in [0.1, 0.15) is 31.1 Å². The van der Waals surface area contributed by atoms with Crippen LogP contribution in [0.3, 0.4) is 0 Å². The van der Waals surface area contributed by atoms with Gasteiger partial charge in [0.2, 0.25) is 0 Å². The zero-order chi connectivity index (χ0) is 19.5. The predicted molar refractivity (Wildman–Crippen MR) is 102 cm³/mol. The summed E-state index contributed by atoms with van der Waals surface area (Å²) in [4.78, 5) is 12.2. The van der Waals surface area contributed by atoms with Gasteiger partial charge in [0.05, 0.1) is 17.7 Å². The van der Waals surface area contributed by atoms with Crippen LogP contribution in [0.25, 0.3) is 0 Å². The van der Waals surface area contributed by atoms with Crippen molar-refractivity contribution in [1.29, 1.82) is 0 Å². The molecule has 2 aromatic rings. The maximum absolute atomic E-state index is 12.7. The minimum absolute atomic E-state index is 0.0407. The summed E-state index contributed by atoms with van der Waals surface area (Å²) in [6, 6.07) is 10.4. The van der Waals surface area contributed by atoms with Crippen molar-refractivity contribution in [3.63, 3.8) is 0 Å². The number of sulfonamides is 1. The van der Waals surface area contributed by atoms with Crippen molar-refractivity contribution in [1.82, 2.24) is 5.32 Å². The molecule has 0 heterocycles. The largest absolute Gasteiger partial charge is 0.495 e. The van der Waals surface area contributed by atoms with Crippen molar-refractivity contribution in [2.24, 2.45) is 0 Å². The first kappa shape index (κ1) is 20.1. The monoisotopic (exact) mass is 396 g/mol. The SMILES string of the molecule is COc1ccc(Cl)cc1NS(=O)(=O)c1cccc(C(=O)NC(C)(C)C)c1. The summed E-state index contributed by atoms with van der Waals surface area (Å²) in [5.41, 5.74) is 0.0312. The van der Waals surface area contributed by atoms with Crippen molar-refractivity contribution in [3.8, 4) is 5.75 Å². The molecule has 0 saturated heterocycles. The number of ether oxygens (including phenoxy) is 1. The highest BCUT2D eigenvalue weighted by atomic mass is 35.5. The minimum atomic E-state index is -3.93. The van der Waals surface area contributed by atoms with Crippen LogP contribution in [0.4, 0.5) is 5.69 Å². The molecule has 0 aliphatic rings. The quantitative estimate of drug-likeness (QED) is 0.807. The number of benzene rings is 2. The van der Waals surface area contributed by atoms with E-state index in [9.17, 15) is 13.2 Å². The van der Waals surface area contributed by atoms with Gasteiger partial charge in [-0.3, -0.25) is 9.52 Å². The molecular weight excluding hydrogens is 376 g/mol.